The molecule has 4 aliphatic heterocycles. The number of aromatic nitrogens is 11. The number of halogens is 4. The molecule has 12 heterocycles. The molecule has 4 saturated heterocycles. The summed E-state index contributed by atoms with van der Waals surface area (Å²) in [5.74, 6) is 2.99. The van der Waals surface area contributed by atoms with Gasteiger partial charge in [-0.05, 0) is 253 Å². The highest BCUT2D eigenvalue weighted by atomic mass is 19.1. The minimum absolute atomic E-state index is 0.234. The number of aryl methyl sites for hydroxylation is 7. The van der Waals surface area contributed by atoms with E-state index in [1.54, 1.807) is 124 Å². The quantitative estimate of drug-likeness (QED) is 0.0370. The molecule has 122 heavy (non-hydrogen) atoms. The van der Waals surface area contributed by atoms with E-state index in [4.69, 9.17) is 27.7 Å². The fourth-order valence-electron chi connectivity index (χ4n) is 14.6. The van der Waals surface area contributed by atoms with E-state index in [1.807, 2.05) is 72.9 Å². The lowest BCUT2D eigenvalue weighted by Crippen LogP contribution is -2.52. The summed E-state index contributed by atoms with van der Waals surface area (Å²) in [6.45, 7) is 18.6. The molecule has 628 valence electrons. The van der Waals surface area contributed by atoms with Gasteiger partial charge in [-0.1, -0.05) is 6.07 Å². The van der Waals surface area contributed by atoms with Crippen molar-refractivity contribution in [2.75, 3.05) is 104 Å². The molecule has 4 aromatic carbocycles. The Morgan fingerprint density at radius 3 is 1.08 bits per heavy atom. The number of benzene rings is 4. The van der Waals surface area contributed by atoms with Crippen LogP contribution in [0.15, 0.2) is 177 Å². The van der Waals surface area contributed by atoms with Crippen molar-refractivity contribution in [3.05, 3.63) is 268 Å². The van der Waals surface area contributed by atoms with Crippen LogP contribution in [0.3, 0.4) is 0 Å². The van der Waals surface area contributed by atoms with Crippen LogP contribution in [0.4, 0.5) is 82.8 Å². The third-order valence-corrected chi connectivity index (χ3v) is 21.1. The Bertz CT molecular complexity index is 5770. The van der Waals surface area contributed by atoms with Gasteiger partial charge in [-0.2, -0.15) is 0 Å². The first-order chi connectivity index (χ1) is 58.6. The van der Waals surface area contributed by atoms with Crippen molar-refractivity contribution in [3.8, 4) is 45.0 Å². The number of methoxy groups -OCH3 is 1. The highest BCUT2D eigenvalue weighted by Crippen LogP contribution is 2.34. The van der Waals surface area contributed by atoms with E-state index in [0.29, 0.717) is 151 Å². The van der Waals surface area contributed by atoms with Crippen molar-refractivity contribution >= 4 is 70.1 Å². The van der Waals surface area contributed by atoms with Gasteiger partial charge in [0.05, 0.1) is 63.5 Å². The second-order valence-electron chi connectivity index (χ2n) is 30.9. The first kappa shape index (κ1) is 85.7. The number of hydrogen-bond donors (Lipinski definition) is 8. The summed E-state index contributed by atoms with van der Waals surface area (Å²) in [4.78, 5) is 105. The molecule has 4 aliphatic rings. The third kappa shape index (κ3) is 22.2. The summed E-state index contributed by atoms with van der Waals surface area (Å²) in [7, 11) is 1.65. The average molecular weight is 1650 g/mol. The summed E-state index contributed by atoms with van der Waals surface area (Å²) in [5.41, 5.74) is 40.1. The van der Waals surface area contributed by atoms with E-state index in [2.05, 4.69) is 82.2 Å². The van der Waals surface area contributed by atoms with Crippen LogP contribution in [0, 0.1) is 95.4 Å². The fourth-order valence-corrected chi connectivity index (χ4v) is 14.6. The van der Waals surface area contributed by atoms with Crippen LogP contribution in [0.25, 0.3) is 45.0 Å². The summed E-state index contributed by atoms with van der Waals surface area (Å²) in [6, 6.07) is 38.7. The van der Waals surface area contributed by atoms with Gasteiger partial charge < -0.3 is 47.3 Å². The predicted octanol–water partition coefficient (Wildman–Crippen LogP) is 14.8. The first-order valence-electron chi connectivity index (χ1n) is 39.7. The van der Waals surface area contributed by atoms with Gasteiger partial charge >= 0.3 is 24.1 Å². The van der Waals surface area contributed by atoms with Gasteiger partial charge in [0.15, 0.2) is 23.3 Å². The summed E-state index contributed by atoms with van der Waals surface area (Å²) < 4.78 is 58.7. The molecular weight excluding hydrogens is 1560 g/mol. The molecule has 0 unspecified atom stereocenters. The summed E-state index contributed by atoms with van der Waals surface area (Å²) in [6.07, 6.45) is 11.9. The van der Waals surface area contributed by atoms with Crippen molar-refractivity contribution in [2.45, 2.75) is 80.8 Å². The zero-order chi connectivity index (χ0) is 86.4. The van der Waals surface area contributed by atoms with Crippen LogP contribution in [-0.4, -0.2) is 158 Å². The second kappa shape index (κ2) is 38.7. The normalized spacial score (nSPS) is 13.7. The van der Waals surface area contributed by atoms with Crippen LogP contribution < -0.4 is 44.2 Å². The highest BCUT2D eigenvalue weighted by Gasteiger charge is 2.36. The van der Waals surface area contributed by atoms with E-state index in [0.717, 1.165) is 116 Å². The molecule has 0 atom stereocenters. The monoisotopic (exact) mass is 1650 g/mol. The molecule has 12 aromatic rings. The van der Waals surface area contributed by atoms with Crippen molar-refractivity contribution < 1.29 is 41.5 Å². The summed E-state index contributed by atoms with van der Waals surface area (Å²) >= 11 is 0. The number of anilines is 8. The van der Waals surface area contributed by atoms with Crippen LogP contribution in [0.1, 0.15) is 67.9 Å². The van der Waals surface area contributed by atoms with Gasteiger partial charge in [-0.3, -0.25) is 36.2 Å². The molecule has 0 saturated carbocycles. The fraction of sp³-hybridized carbons (Fsp3) is 0.278. The van der Waals surface area contributed by atoms with Crippen molar-refractivity contribution in [2.24, 2.45) is 23.7 Å². The maximum Gasteiger partial charge on any atom is 0.323 e. The van der Waals surface area contributed by atoms with E-state index in [9.17, 15) is 36.7 Å². The van der Waals surface area contributed by atoms with Gasteiger partial charge in [0, 0.05) is 142 Å². The number of nitrogens with zero attached hydrogens (tertiary/aromatic N) is 15. The van der Waals surface area contributed by atoms with Crippen LogP contribution in [0.2, 0.25) is 0 Å². The molecule has 0 bridgehead atoms. The molecule has 8 aromatic heterocycles. The molecule has 4 fully saturated rings. The smallest absolute Gasteiger partial charge is 0.323 e. The number of carbonyl (C=O) groups is 4. The van der Waals surface area contributed by atoms with Crippen molar-refractivity contribution in [1.82, 2.24) is 74.4 Å². The molecule has 12 N–H and O–H groups in total. The average Bonchev–Trinajstić information content (AvgIpc) is 0.761. The highest BCUT2D eigenvalue weighted by molar-refractivity contribution is 5.95. The number of nitrogens with one attached hydrogen (secondary N) is 4. The third-order valence-electron chi connectivity index (χ3n) is 21.1. The lowest BCUT2D eigenvalue weighted by Gasteiger charge is -2.39. The Morgan fingerprint density at radius 1 is 0.369 bits per heavy atom. The molecule has 0 aliphatic carbocycles. The minimum atomic E-state index is -0.302. The minimum Gasteiger partial charge on any atom is -0.396 e. The second-order valence-corrected chi connectivity index (χ2v) is 30.9. The number of likely N-dealkylation sites (tertiary alicyclic amines) is 4. The van der Waals surface area contributed by atoms with Gasteiger partial charge in [-0.15, -0.1) is 0 Å². The zero-order valence-corrected chi connectivity index (χ0v) is 68.8. The Hall–Kier alpha value is -14.2. The van der Waals surface area contributed by atoms with Crippen molar-refractivity contribution in [1.29, 1.82) is 0 Å². The standard InChI is InChI=1S/C24H26FN5O2.C23H25FN6O.C22H23FN6O.C21H21FN6O/c1-15-9-18(25)4-6-20(15)22-8-7-21(26)23(28-22)29-24(31)30-12-17(13-30)10-16-3-5-19(14-32-2)27-11-16;1-13-8-17(24)4-5-19(13)21-7-6-20(25)22(28-21)29-23(31)30-11-16(12-30)10-18-9-14(2)26-15(3)27-18;1-13-9-16(23)3-4-17(13)19-6-5-18(24)21(27-19)28-22(30)29-11-15(12-29)10-20-25-8-7-14(2)26-20;1-13-8-15(22)2-3-17(13)19-5-4-18(23)20(26-19)27-21(29)28-11-14(12-28)9-16-10-24-6-7-25-16/h3-9,11,17H,10,12-14,26H2,1-2H3,(H,28,29,31);4-9,16H,10-12,25H2,1-3H3,(H,28,29,31);3-9,15H,10-12,24H2,1-2H3,(H,27,28,30);2-8,10,14H,9,11-12,23H2,1H3,(H,26,27,29). The van der Waals surface area contributed by atoms with Crippen LogP contribution in [-0.2, 0) is 37.0 Å². The number of ether oxygens (including phenoxy) is 1. The molecule has 0 spiro atoms. The molecule has 32 heteroatoms. The van der Waals surface area contributed by atoms with Gasteiger partial charge in [0.1, 0.15) is 34.9 Å². The van der Waals surface area contributed by atoms with Gasteiger partial charge in [0.25, 0.3) is 0 Å². The van der Waals surface area contributed by atoms with Gasteiger partial charge in [-0.25, -0.2) is 76.6 Å². The van der Waals surface area contributed by atoms with Crippen LogP contribution in [0.5, 0.6) is 0 Å². The number of pyridine rings is 5. The number of carbonyl (C=O) groups excluding carboxylic acids is 4. The van der Waals surface area contributed by atoms with E-state index >= 15 is 0 Å². The van der Waals surface area contributed by atoms with Crippen molar-refractivity contribution in [3.63, 3.8) is 0 Å². The molecule has 8 amide bonds. The topological polar surface area (TPSA) is 384 Å². The molecular formula is C90H95F4N23O5. The predicted molar refractivity (Wildman–Crippen MR) is 462 cm³/mol. The maximum atomic E-state index is 13.4. The number of hydrogen-bond acceptors (Lipinski definition) is 20. The number of urea groups is 4. The Labute approximate surface area is 703 Å². The van der Waals surface area contributed by atoms with E-state index in [-0.39, 0.29) is 47.4 Å². The molecule has 0 radical (unpaired) electrons. The Balaban J connectivity index is 0.000000140. The lowest BCUT2D eigenvalue weighted by atomic mass is 9.93. The lowest BCUT2D eigenvalue weighted by molar-refractivity contribution is 0.129. The van der Waals surface area contributed by atoms with E-state index < -0.39 is 0 Å². The Kier molecular flexibility index (Phi) is 27.2. The Morgan fingerprint density at radius 2 is 0.746 bits per heavy atom. The first-order valence-corrected chi connectivity index (χ1v) is 39.7. The van der Waals surface area contributed by atoms with Crippen LogP contribution >= 0.6 is 0 Å². The number of rotatable bonds is 18. The zero-order valence-electron chi connectivity index (χ0n) is 68.8. The number of amides is 8. The largest absolute Gasteiger partial charge is 0.396 e. The van der Waals surface area contributed by atoms with Gasteiger partial charge in [0.2, 0.25) is 0 Å². The molecule has 28 nitrogen and oxygen atoms in total. The maximum absolute atomic E-state index is 13.4. The SMILES string of the molecule is COCc1ccc(CC2CN(C(=O)Nc3nc(-c4ccc(F)cc4C)ccc3N)C2)cn1.Cc1cc(CC2CN(C(=O)Nc3nc(-c4ccc(F)cc4C)ccc3N)C2)nc(C)n1.Cc1cc(F)ccc1-c1ccc(N)c(NC(=O)N2CC(Cc3cnccn3)C2)n1.Cc1ccnc(CC2CN(C(=O)Nc3nc(-c4ccc(F)cc4C)ccc3N)C2)n1. The summed E-state index contributed by atoms with van der Waals surface area (Å²) in [5, 5.41) is 11.2. The number of nitrogen functional groups attached to an aromatic ring is 4. The number of nitrogens with two attached hydrogens (primary N) is 4. The van der Waals surface area contributed by atoms with E-state index in [1.165, 1.54) is 48.5 Å². The molecule has 16 rings (SSSR count).